The molecule has 104 valence electrons. The molecular formula is C11H9ClFN5O2. The van der Waals surface area contributed by atoms with E-state index < -0.39 is 21.7 Å². The Kier molecular flexibility index (Phi) is 5.48. The summed E-state index contributed by atoms with van der Waals surface area (Å²) in [7, 11) is 0. The number of rotatable bonds is 4. The summed E-state index contributed by atoms with van der Waals surface area (Å²) in [5.41, 5.74) is -0.358. The Morgan fingerprint density at radius 1 is 1.65 bits per heavy atom. The summed E-state index contributed by atoms with van der Waals surface area (Å²) in [6, 6.07) is 1.33. The van der Waals surface area contributed by atoms with Gasteiger partial charge in [-0.1, -0.05) is 0 Å². The zero-order chi connectivity index (χ0) is 15.1. The third-order valence-corrected chi connectivity index (χ3v) is 2.01. The van der Waals surface area contributed by atoms with Gasteiger partial charge in [0.05, 0.1) is 16.8 Å². The van der Waals surface area contributed by atoms with Crippen LogP contribution in [0.3, 0.4) is 0 Å². The van der Waals surface area contributed by atoms with E-state index >= 15 is 0 Å². The maximum atomic E-state index is 13.4. The van der Waals surface area contributed by atoms with Crippen molar-refractivity contribution >= 4 is 28.4 Å². The molecular weight excluding hydrogens is 289 g/mol. The molecule has 0 saturated carbocycles. The van der Waals surface area contributed by atoms with Crippen molar-refractivity contribution in [3.05, 3.63) is 58.8 Å². The van der Waals surface area contributed by atoms with Gasteiger partial charge in [-0.15, -0.1) is 0 Å². The number of nitro groups is 1. The summed E-state index contributed by atoms with van der Waals surface area (Å²) in [5.74, 6) is -0.707. The molecule has 0 aliphatic rings. The topological polar surface area (TPSA) is 104 Å². The van der Waals surface area contributed by atoms with Crippen molar-refractivity contribution in [1.82, 2.24) is 4.98 Å². The lowest BCUT2D eigenvalue weighted by atomic mass is 10.3. The molecule has 0 aromatic carbocycles. The molecule has 0 saturated heterocycles. The van der Waals surface area contributed by atoms with E-state index in [2.05, 4.69) is 21.9 Å². The van der Waals surface area contributed by atoms with Crippen LogP contribution in [0.5, 0.6) is 0 Å². The highest BCUT2D eigenvalue weighted by Crippen LogP contribution is 2.11. The van der Waals surface area contributed by atoms with E-state index in [1.54, 1.807) is 0 Å². The van der Waals surface area contributed by atoms with Crippen molar-refractivity contribution in [2.24, 2.45) is 4.99 Å². The fraction of sp³-hybridized carbons (Fsp3) is 0. The number of aliphatic imine (C=N–C) groups is 1. The van der Waals surface area contributed by atoms with Gasteiger partial charge in [0.25, 0.3) is 5.70 Å². The van der Waals surface area contributed by atoms with Gasteiger partial charge in [0, 0.05) is 12.3 Å². The first kappa shape index (κ1) is 15.4. The minimum absolute atomic E-state index is 0.0352. The first-order valence-corrected chi connectivity index (χ1v) is 5.48. The lowest BCUT2D eigenvalue weighted by molar-refractivity contribution is -0.418. The third kappa shape index (κ3) is 4.94. The zero-order valence-corrected chi connectivity index (χ0v) is 10.8. The number of aromatic nitrogens is 1. The summed E-state index contributed by atoms with van der Waals surface area (Å²) in [5, 5.41) is 19.4. The molecule has 0 atom stereocenters. The van der Waals surface area contributed by atoms with E-state index in [4.69, 9.17) is 17.0 Å². The molecule has 20 heavy (non-hydrogen) atoms. The number of hydrogen-bond donors (Lipinski definition) is 2. The van der Waals surface area contributed by atoms with Gasteiger partial charge < -0.3 is 5.32 Å². The number of amidine groups is 2. The highest BCUT2D eigenvalue weighted by atomic mass is 35.5. The van der Waals surface area contributed by atoms with Crippen LogP contribution >= 0.6 is 11.6 Å². The first-order valence-electron chi connectivity index (χ1n) is 5.11. The molecule has 0 aliphatic heterocycles. The maximum absolute atomic E-state index is 13.4. The summed E-state index contributed by atoms with van der Waals surface area (Å²) < 4.78 is 13.4. The molecule has 0 bridgehead atoms. The van der Waals surface area contributed by atoms with Gasteiger partial charge in [0.15, 0.2) is 5.82 Å². The molecule has 1 aromatic rings. The van der Waals surface area contributed by atoms with Gasteiger partial charge >= 0.3 is 0 Å². The number of halogens is 2. The van der Waals surface area contributed by atoms with Gasteiger partial charge in [-0.2, -0.15) is 0 Å². The molecule has 0 aliphatic carbocycles. The lowest BCUT2D eigenvalue weighted by Crippen LogP contribution is -2.12. The fourth-order valence-electron chi connectivity index (χ4n) is 1.06. The van der Waals surface area contributed by atoms with E-state index in [9.17, 15) is 14.5 Å². The van der Waals surface area contributed by atoms with Crippen molar-refractivity contribution in [3.63, 3.8) is 0 Å². The van der Waals surface area contributed by atoms with E-state index in [-0.39, 0.29) is 11.5 Å². The Labute approximate surface area is 118 Å². The minimum Gasteiger partial charge on any atom is -0.338 e. The Hall–Kier alpha value is -2.61. The second kappa shape index (κ2) is 7.10. The van der Waals surface area contributed by atoms with Crippen LogP contribution in [0, 0.1) is 21.3 Å². The molecule has 0 unspecified atom stereocenters. The van der Waals surface area contributed by atoms with Crippen LogP contribution in [0.1, 0.15) is 0 Å². The highest BCUT2D eigenvalue weighted by molar-refractivity contribution is 6.64. The van der Waals surface area contributed by atoms with Crippen LogP contribution < -0.4 is 5.32 Å². The second-order valence-corrected chi connectivity index (χ2v) is 3.71. The number of anilines is 1. The molecule has 7 nitrogen and oxygen atoms in total. The molecule has 0 spiro atoms. The Morgan fingerprint density at radius 2 is 2.35 bits per heavy atom. The van der Waals surface area contributed by atoms with Crippen molar-refractivity contribution in [2.75, 3.05) is 5.32 Å². The van der Waals surface area contributed by atoms with Crippen LogP contribution in [0.15, 0.2) is 47.9 Å². The van der Waals surface area contributed by atoms with Gasteiger partial charge in [0.2, 0.25) is 5.29 Å². The molecule has 1 rings (SSSR count). The molecule has 0 radical (unpaired) electrons. The predicted molar refractivity (Wildman–Crippen MR) is 74.1 cm³/mol. The maximum Gasteiger partial charge on any atom is 0.262 e. The van der Waals surface area contributed by atoms with Crippen LogP contribution in [-0.4, -0.2) is 21.0 Å². The number of pyridine rings is 1. The predicted octanol–water partition coefficient (Wildman–Crippen LogP) is 2.55. The summed E-state index contributed by atoms with van der Waals surface area (Å²) in [6.07, 6.45) is 4.52. The average Bonchev–Trinajstić information content (AvgIpc) is 2.37. The number of allylic oxidation sites excluding steroid dienone is 1. The number of nitrogens with one attached hydrogen (secondary N) is 2. The standard InChI is InChI=1S/C11H9ClFN5O2/c1-7(18(19)20)2-3-10(17-11(12)14)16-9-4-5-15-6-8(9)13/h2-6H,1H2,(H2,14,15,16,17)/b3-2+. The van der Waals surface area contributed by atoms with Gasteiger partial charge in [-0.3, -0.25) is 20.5 Å². The molecule has 0 fully saturated rings. The highest BCUT2D eigenvalue weighted by Gasteiger charge is 2.06. The monoisotopic (exact) mass is 297 g/mol. The quantitative estimate of drug-likeness (QED) is 0.222. The lowest BCUT2D eigenvalue weighted by Gasteiger charge is -2.06. The smallest absolute Gasteiger partial charge is 0.262 e. The van der Waals surface area contributed by atoms with E-state index in [1.165, 1.54) is 12.3 Å². The molecule has 1 heterocycles. The zero-order valence-electron chi connectivity index (χ0n) is 10.0. The molecule has 2 N–H and O–H groups in total. The Balaban J connectivity index is 2.98. The van der Waals surface area contributed by atoms with Gasteiger partial charge in [-0.25, -0.2) is 9.38 Å². The first-order chi connectivity index (χ1) is 9.40. The summed E-state index contributed by atoms with van der Waals surface area (Å²) in [6.45, 7) is 3.19. The van der Waals surface area contributed by atoms with E-state index in [1.807, 2.05) is 0 Å². The van der Waals surface area contributed by atoms with Crippen molar-refractivity contribution in [2.45, 2.75) is 0 Å². The third-order valence-electron chi connectivity index (χ3n) is 1.92. The average molecular weight is 298 g/mol. The summed E-state index contributed by atoms with van der Waals surface area (Å²) in [4.78, 5) is 16.8. The van der Waals surface area contributed by atoms with Gasteiger partial charge in [-0.05, 0) is 30.3 Å². The fourth-order valence-corrected chi connectivity index (χ4v) is 1.15. The Morgan fingerprint density at radius 3 is 2.90 bits per heavy atom. The molecule has 0 amide bonds. The number of hydrogen-bond acceptors (Lipinski definition) is 4. The van der Waals surface area contributed by atoms with Crippen LogP contribution in [0.2, 0.25) is 0 Å². The van der Waals surface area contributed by atoms with Crippen molar-refractivity contribution < 1.29 is 9.31 Å². The van der Waals surface area contributed by atoms with Crippen LogP contribution in [-0.2, 0) is 0 Å². The molecule has 1 aromatic heterocycles. The van der Waals surface area contributed by atoms with Crippen molar-refractivity contribution in [1.29, 1.82) is 5.41 Å². The molecule has 9 heteroatoms. The largest absolute Gasteiger partial charge is 0.338 e. The second-order valence-electron chi connectivity index (χ2n) is 3.35. The SMILES string of the molecule is C=C(/C=C/C(=N\C(=N)Cl)Nc1ccncc1F)[N+](=O)[O-]. The number of nitrogens with zero attached hydrogens (tertiary/aromatic N) is 3. The normalized spacial score (nSPS) is 11.4. The van der Waals surface area contributed by atoms with Crippen LogP contribution in [0.25, 0.3) is 0 Å². The Bertz CT molecular complexity index is 615. The van der Waals surface area contributed by atoms with Crippen molar-refractivity contribution in [3.8, 4) is 0 Å². The van der Waals surface area contributed by atoms with E-state index in [0.717, 1.165) is 18.3 Å². The van der Waals surface area contributed by atoms with Crippen LogP contribution in [0.4, 0.5) is 10.1 Å². The summed E-state index contributed by atoms with van der Waals surface area (Å²) >= 11 is 5.32. The minimum atomic E-state index is -0.701. The van der Waals surface area contributed by atoms with E-state index in [0.29, 0.717) is 0 Å². The van der Waals surface area contributed by atoms with Gasteiger partial charge in [0.1, 0.15) is 5.84 Å².